The highest BCUT2D eigenvalue weighted by Crippen LogP contribution is 2.30. The molecule has 0 bridgehead atoms. The first-order valence-corrected chi connectivity index (χ1v) is 6.89. The average molecular weight is 295 g/mol. The molecular weight excluding hydrogens is 284 g/mol. The highest BCUT2D eigenvalue weighted by molar-refractivity contribution is 6.33. The lowest BCUT2D eigenvalue weighted by atomic mass is 10.1. The molecule has 0 fully saturated rings. The Hall–Kier alpha value is -2.59. The van der Waals surface area contributed by atoms with Gasteiger partial charge in [-0.2, -0.15) is 0 Å². The van der Waals surface area contributed by atoms with Crippen LogP contribution in [0.1, 0.15) is 0 Å². The second-order valence-electron chi connectivity index (χ2n) is 4.81. The smallest absolute Gasteiger partial charge is 0.157 e. The van der Waals surface area contributed by atoms with E-state index in [9.17, 15) is 0 Å². The van der Waals surface area contributed by atoms with Crippen LogP contribution in [0.5, 0.6) is 0 Å². The number of anilines is 1. The zero-order valence-corrected chi connectivity index (χ0v) is 11.7. The molecule has 4 nitrogen and oxygen atoms in total. The number of rotatable bonds is 1. The van der Waals surface area contributed by atoms with E-state index >= 15 is 0 Å². The van der Waals surface area contributed by atoms with Gasteiger partial charge in [-0.05, 0) is 30.3 Å². The third-order valence-corrected chi connectivity index (χ3v) is 3.81. The van der Waals surface area contributed by atoms with Crippen molar-refractivity contribution in [3.05, 3.63) is 59.9 Å². The molecule has 4 rings (SSSR count). The summed E-state index contributed by atoms with van der Waals surface area (Å²) >= 11 is 6.18. The van der Waals surface area contributed by atoms with Crippen molar-refractivity contribution in [1.82, 2.24) is 14.4 Å². The number of hydrogen-bond acceptors (Lipinski definition) is 3. The van der Waals surface area contributed by atoms with Gasteiger partial charge in [0.1, 0.15) is 11.5 Å². The van der Waals surface area contributed by atoms with Gasteiger partial charge in [0.05, 0.1) is 10.5 Å². The molecule has 3 heterocycles. The number of pyridine rings is 2. The molecule has 0 unspecified atom stereocenters. The van der Waals surface area contributed by atoms with Gasteiger partial charge in [0.25, 0.3) is 0 Å². The highest BCUT2D eigenvalue weighted by atomic mass is 35.5. The van der Waals surface area contributed by atoms with Crippen molar-refractivity contribution in [2.45, 2.75) is 0 Å². The Morgan fingerprint density at radius 3 is 2.86 bits per heavy atom. The normalized spacial score (nSPS) is 11.3. The molecule has 5 heteroatoms. The molecule has 0 saturated carbocycles. The number of fused-ring (bicyclic) bond motifs is 2. The second kappa shape index (κ2) is 4.46. The molecule has 0 aliphatic carbocycles. The van der Waals surface area contributed by atoms with E-state index < -0.39 is 0 Å². The average Bonchev–Trinajstić information content (AvgIpc) is 2.86. The molecule has 0 saturated heterocycles. The molecule has 3 aromatic heterocycles. The maximum Gasteiger partial charge on any atom is 0.157 e. The summed E-state index contributed by atoms with van der Waals surface area (Å²) < 4.78 is 1.80. The minimum absolute atomic E-state index is 0.579. The van der Waals surface area contributed by atoms with Crippen molar-refractivity contribution < 1.29 is 0 Å². The summed E-state index contributed by atoms with van der Waals surface area (Å²) in [6, 6.07) is 13.6. The van der Waals surface area contributed by atoms with Gasteiger partial charge in [-0.3, -0.25) is 9.38 Å². The number of benzene rings is 1. The van der Waals surface area contributed by atoms with Gasteiger partial charge in [-0.15, -0.1) is 0 Å². The van der Waals surface area contributed by atoms with E-state index in [0.29, 0.717) is 16.5 Å². The molecule has 0 aliphatic rings. The second-order valence-corrected chi connectivity index (χ2v) is 5.21. The summed E-state index contributed by atoms with van der Waals surface area (Å²) in [7, 11) is 0. The Morgan fingerprint density at radius 1 is 1.10 bits per heavy atom. The van der Waals surface area contributed by atoms with Gasteiger partial charge in [0.15, 0.2) is 5.65 Å². The fourth-order valence-electron chi connectivity index (χ4n) is 2.49. The monoisotopic (exact) mass is 294 g/mol. The van der Waals surface area contributed by atoms with Crippen molar-refractivity contribution in [3.63, 3.8) is 0 Å². The van der Waals surface area contributed by atoms with E-state index in [1.54, 1.807) is 16.7 Å². The largest absolute Gasteiger partial charge is 0.383 e. The molecule has 2 N–H and O–H groups in total. The quantitative estimate of drug-likeness (QED) is 0.581. The van der Waals surface area contributed by atoms with Crippen LogP contribution in [0, 0.1) is 0 Å². The maximum atomic E-state index is 6.21. The first-order chi connectivity index (χ1) is 10.2. The minimum Gasteiger partial charge on any atom is -0.383 e. The zero-order chi connectivity index (χ0) is 14.4. The van der Waals surface area contributed by atoms with Crippen molar-refractivity contribution in [3.8, 4) is 11.3 Å². The molecular formula is C16H11ClN4. The Morgan fingerprint density at radius 2 is 2.00 bits per heavy atom. The Balaban J connectivity index is 1.99. The van der Waals surface area contributed by atoms with Crippen LogP contribution in [0.2, 0.25) is 5.02 Å². The summed E-state index contributed by atoms with van der Waals surface area (Å²) in [4.78, 5) is 8.89. The van der Waals surface area contributed by atoms with Gasteiger partial charge < -0.3 is 5.73 Å². The fraction of sp³-hybridized carbons (Fsp3) is 0. The number of nitrogens with two attached hydrogens (primary N) is 1. The summed E-state index contributed by atoms with van der Waals surface area (Å²) in [5.41, 5.74) is 9.50. The van der Waals surface area contributed by atoms with E-state index in [2.05, 4.69) is 9.97 Å². The van der Waals surface area contributed by atoms with Crippen LogP contribution in [0.25, 0.3) is 27.8 Å². The predicted molar refractivity (Wildman–Crippen MR) is 85.4 cm³/mol. The zero-order valence-electron chi connectivity index (χ0n) is 11.0. The molecule has 21 heavy (non-hydrogen) atoms. The van der Waals surface area contributed by atoms with Gasteiger partial charge in [-0.1, -0.05) is 23.7 Å². The van der Waals surface area contributed by atoms with Gasteiger partial charge in [-0.25, -0.2) is 4.98 Å². The number of halogens is 1. The highest BCUT2D eigenvalue weighted by Gasteiger charge is 2.13. The van der Waals surface area contributed by atoms with Crippen LogP contribution >= 0.6 is 11.6 Å². The van der Waals surface area contributed by atoms with Crippen LogP contribution in [-0.4, -0.2) is 14.4 Å². The van der Waals surface area contributed by atoms with Gasteiger partial charge in [0.2, 0.25) is 0 Å². The molecule has 4 aromatic rings. The lowest BCUT2D eigenvalue weighted by Crippen LogP contribution is -1.93. The fourth-order valence-corrected chi connectivity index (χ4v) is 2.69. The van der Waals surface area contributed by atoms with Crippen molar-refractivity contribution in [1.29, 1.82) is 0 Å². The topological polar surface area (TPSA) is 56.2 Å². The number of nitrogens with zero attached hydrogens (tertiary/aromatic N) is 3. The Kier molecular flexibility index (Phi) is 2.59. The SMILES string of the molecule is Nc1c(-c2ccc3ncccc3c2)nc2c(Cl)cccn12. The van der Waals surface area contributed by atoms with Crippen molar-refractivity contribution >= 4 is 34.0 Å². The van der Waals surface area contributed by atoms with Gasteiger partial charge >= 0.3 is 0 Å². The van der Waals surface area contributed by atoms with Crippen LogP contribution < -0.4 is 5.73 Å². The lowest BCUT2D eigenvalue weighted by Gasteiger charge is -2.02. The molecule has 0 aliphatic heterocycles. The van der Waals surface area contributed by atoms with E-state index in [4.69, 9.17) is 17.3 Å². The molecule has 0 amide bonds. The number of aromatic nitrogens is 3. The maximum absolute atomic E-state index is 6.21. The van der Waals surface area contributed by atoms with Gasteiger partial charge in [0, 0.05) is 23.3 Å². The van der Waals surface area contributed by atoms with Crippen LogP contribution in [0.4, 0.5) is 5.82 Å². The molecule has 0 radical (unpaired) electrons. The first kappa shape index (κ1) is 12.2. The van der Waals surface area contributed by atoms with E-state index in [1.165, 1.54) is 0 Å². The minimum atomic E-state index is 0.579. The van der Waals surface area contributed by atoms with Crippen molar-refractivity contribution in [2.24, 2.45) is 0 Å². The third-order valence-electron chi connectivity index (χ3n) is 3.52. The number of hydrogen-bond donors (Lipinski definition) is 1. The van der Waals surface area contributed by atoms with Crippen LogP contribution in [0.15, 0.2) is 54.9 Å². The standard InChI is InChI=1S/C16H11ClN4/c17-12-4-2-8-21-15(18)14(20-16(12)21)11-5-6-13-10(9-11)3-1-7-19-13/h1-9H,18H2. The summed E-state index contributed by atoms with van der Waals surface area (Å²) in [5, 5.41) is 1.63. The summed E-state index contributed by atoms with van der Waals surface area (Å²) in [6.07, 6.45) is 3.64. The molecule has 1 aromatic carbocycles. The van der Waals surface area contributed by atoms with Crippen LogP contribution in [-0.2, 0) is 0 Å². The molecule has 102 valence electrons. The molecule has 0 spiro atoms. The summed E-state index contributed by atoms with van der Waals surface area (Å²) in [5.74, 6) is 0.579. The van der Waals surface area contributed by atoms with E-state index in [1.807, 2.05) is 42.6 Å². The number of imidazole rings is 1. The summed E-state index contributed by atoms with van der Waals surface area (Å²) in [6.45, 7) is 0. The van der Waals surface area contributed by atoms with E-state index in [-0.39, 0.29) is 0 Å². The van der Waals surface area contributed by atoms with Crippen molar-refractivity contribution in [2.75, 3.05) is 5.73 Å². The molecule has 0 atom stereocenters. The lowest BCUT2D eigenvalue weighted by molar-refractivity contribution is 1.20. The van der Waals surface area contributed by atoms with E-state index in [0.717, 1.165) is 22.2 Å². The third kappa shape index (κ3) is 1.84. The number of nitrogen functional groups attached to an aromatic ring is 1. The first-order valence-electron chi connectivity index (χ1n) is 6.51. The Labute approximate surface area is 125 Å². The van der Waals surface area contributed by atoms with Crippen LogP contribution in [0.3, 0.4) is 0 Å². The Bertz CT molecular complexity index is 975. The predicted octanol–water partition coefficient (Wildman–Crippen LogP) is 3.79.